The molecule has 0 bridgehead atoms. The van der Waals surface area contributed by atoms with E-state index in [1.165, 1.54) is 5.56 Å². The van der Waals surface area contributed by atoms with Gasteiger partial charge in [-0.05, 0) is 29.5 Å². The van der Waals surface area contributed by atoms with E-state index >= 15 is 0 Å². The molecule has 0 radical (unpaired) electrons. The molecule has 0 heterocycles. The van der Waals surface area contributed by atoms with Gasteiger partial charge in [-0.15, -0.1) is 0 Å². The van der Waals surface area contributed by atoms with Crippen molar-refractivity contribution in [3.8, 4) is 0 Å². The Morgan fingerprint density at radius 3 is 2.00 bits per heavy atom. The molecule has 1 unspecified atom stereocenters. The number of hydrogen-bond acceptors (Lipinski definition) is 1. The van der Waals surface area contributed by atoms with Gasteiger partial charge in [-0.25, -0.2) is 4.21 Å². The van der Waals surface area contributed by atoms with Crippen LogP contribution >= 0.6 is 0 Å². The van der Waals surface area contributed by atoms with E-state index < -0.39 is 11.1 Å². The fourth-order valence-corrected chi connectivity index (χ4v) is 1.71. The molecule has 0 saturated carbocycles. The van der Waals surface area contributed by atoms with Crippen LogP contribution in [0.2, 0.25) is 0 Å². The molecule has 15 heavy (non-hydrogen) atoms. The summed E-state index contributed by atoms with van der Waals surface area (Å²) in [6, 6.07) is 7.23. The number of rotatable bonds is 2. The van der Waals surface area contributed by atoms with Gasteiger partial charge < -0.3 is 4.55 Å². The minimum atomic E-state index is -1.86. The summed E-state index contributed by atoms with van der Waals surface area (Å²) >= 11 is -1.86. The van der Waals surface area contributed by atoms with Crippen LogP contribution in [0.1, 0.15) is 26.3 Å². The first-order valence-electron chi connectivity index (χ1n) is 4.58. The molecule has 2 nitrogen and oxygen atoms in total. The predicted molar refractivity (Wildman–Crippen MR) is 65.8 cm³/mol. The molecule has 0 aromatic heterocycles. The van der Waals surface area contributed by atoms with Crippen LogP contribution in [0.15, 0.2) is 29.2 Å². The van der Waals surface area contributed by atoms with E-state index in [-0.39, 0.29) is 35.0 Å². The van der Waals surface area contributed by atoms with Crippen molar-refractivity contribution in [3.63, 3.8) is 0 Å². The van der Waals surface area contributed by atoms with Crippen molar-refractivity contribution in [1.29, 1.82) is 0 Å². The molecule has 0 fully saturated rings. The van der Waals surface area contributed by atoms with Crippen molar-refractivity contribution >= 4 is 40.6 Å². The summed E-state index contributed by atoms with van der Waals surface area (Å²) in [7, 11) is 0. The van der Waals surface area contributed by atoms with Gasteiger partial charge in [0, 0.05) is 0 Å². The molecule has 1 aromatic carbocycles. The Morgan fingerprint density at radius 2 is 1.67 bits per heavy atom. The van der Waals surface area contributed by atoms with E-state index in [4.69, 9.17) is 4.55 Å². The Hall–Kier alpha value is 0.330. The molecule has 1 N–H and O–H groups in total. The van der Waals surface area contributed by atoms with Crippen molar-refractivity contribution in [3.05, 3.63) is 29.8 Å². The van der Waals surface area contributed by atoms with Crippen LogP contribution in [0, 0.1) is 5.41 Å². The third-order valence-electron chi connectivity index (χ3n) is 1.86. The van der Waals surface area contributed by atoms with Gasteiger partial charge in [0.05, 0.1) is 4.90 Å². The third-order valence-corrected chi connectivity index (χ3v) is 2.53. The summed E-state index contributed by atoms with van der Waals surface area (Å²) in [4.78, 5) is 0.461. The summed E-state index contributed by atoms with van der Waals surface area (Å²) in [6.07, 6.45) is 0.978. The first-order chi connectivity index (χ1) is 6.38. The van der Waals surface area contributed by atoms with E-state index in [9.17, 15) is 4.21 Å². The molecule has 0 spiro atoms. The van der Waals surface area contributed by atoms with E-state index in [1.54, 1.807) is 12.1 Å². The van der Waals surface area contributed by atoms with Gasteiger partial charge in [0.15, 0.2) is 11.1 Å². The molecule has 0 aliphatic rings. The third kappa shape index (κ3) is 5.83. The number of benzene rings is 1. The topological polar surface area (TPSA) is 37.3 Å². The summed E-state index contributed by atoms with van der Waals surface area (Å²) in [5.74, 6) is 0. The van der Waals surface area contributed by atoms with Crippen molar-refractivity contribution in [2.75, 3.05) is 0 Å². The fraction of sp³-hybridized carbons (Fsp3) is 0.455. The Kier molecular flexibility index (Phi) is 6.30. The zero-order valence-corrected chi connectivity index (χ0v) is 9.60. The Balaban J connectivity index is 0.00000196. The second kappa shape index (κ2) is 6.16. The summed E-state index contributed by atoms with van der Waals surface area (Å²) < 4.78 is 19.5. The molecule has 4 heteroatoms. The number of hydrogen-bond donors (Lipinski definition) is 1. The molecule has 0 aliphatic carbocycles. The second-order valence-electron chi connectivity index (χ2n) is 4.63. The molecule has 1 aromatic rings. The quantitative estimate of drug-likeness (QED) is 0.631. The Bertz CT molecular complexity index is 327. The monoisotopic (exact) mass is 236 g/mol. The molecule has 1 atom stereocenters. The fourth-order valence-electron chi connectivity index (χ4n) is 1.34. The van der Waals surface area contributed by atoms with Crippen molar-refractivity contribution in [2.45, 2.75) is 32.1 Å². The maximum absolute atomic E-state index is 10.7. The van der Waals surface area contributed by atoms with E-state index in [0.717, 1.165) is 6.42 Å². The first kappa shape index (κ1) is 15.3. The van der Waals surface area contributed by atoms with Gasteiger partial charge in [-0.2, -0.15) is 0 Å². The Morgan fingerprint density at radius 1 is 1.20 bits per heavy atom. The van der Waals surface area contributed by atoms with Gasteiger partial charge in [-0.3, -0.25) is 0 Å². The molecule has 0 aliphatic heterocycles. The maximum atomic E-state index is 10.7. The average Bonchev–Trinajstić information content (AvgIpc) is 2.02. The van der Waals surface area contributed by atoms with Crippen LogP contribution in [0.5, 0.6) is 0 Å². The van der Waals surface area contributed by atoms with Crippen LogP contribution < -0.4 is 0 Å². The minimum absolute atomic E-state index is 0. The second-order valence-corrected chi connectivity index (χ2v) is 5.60. The Labute approximate surface area is 116 Å². The van der Waals surface area contributed by atoms with Crippen LogP contribution in [-0.4, -0.2) is 38.3 Å². The summed E-state index contributed by atoms with van der Waals surface area (Å²) in [6.45, 7) is 6.52. The van der Waals surface area contributed by atoms with Crippen molar-refractivity contribution in [1.82, 2.24) is 0 Å². The summed E-state index contributed by atoms with van der Waals surface area (Å²) in [5, 5.41) is 0. The normalized spacial score (nSPS) is 13.1. The van der Waals surface area contributed by atoms with Gasteiger partial charge in [-0.1, -0.05) is 32.9 Å². The standard InChI is InChI=1S/C11H16O2S.Na.H/c1-11(2,3)8-9-4-6-10(7-5-9)14(12)13;;/h4-7H,8H2,1-3H3,(H,12,13);;. The molecule has 0 amide bonds. The van der Waals surface area contributed by atoms with Gasteiger partial charge >= 0.3 is 29.6 Å². The van der Waals surface area contributed by atoms with Crippen molar-refractivity contribution in [2.24, 2.45) is 5.41 Å². The van der Waals surface area contributed by atoms with E-state index in [1.807, 2.05) is 12.1 Å². The van der Waals surface area contributed by atoms with Gasteiger partial charge in [0.1, 0.15) is 0 Å². The van der Waals surface area contributed by atoms with Crippen LogP contribution in [-0.2, 0) is 17.5 Å². The zero-order valence-electron chi connectivity index (χ0n) is 8.78. The molecule has 80 valence electrons. The predicted octanol–water partition coefficient (Wildman–Crippen LogP) is 2.21. The summed E-state index contributed by atoms with van der Waals surface area (Å²) in [5.41, 5.74) is 1.45. The van der Waals surface area contributed by atoms with Crippen LogP contribution in [0.4, 0.5) is 0 Å². The van der Waals surface area contributed by atoms with Crippen LogP contribution in [0.3, 0.4) is 0 Å². The molecular formula is C11H17NaO2S. The SMILES string of the molecule is CC(C)(C)Cc1ccc(S(=O)O)cc1.[NaH]. The molecular weight excluding hydrogens is 219 g/mol. The van der Waals surface area contributed by atoms with Crippen LogP contribution in [0.25, 0.3) is 0 Å². The van der Waals surface area contributed by atoms with Gasteiger partial charge in [0.25, 0.3) is 0 Å². The molecule has 1 rings (SSSR count). The average molecular weight is 236 g/mol. The van der Waals surface area contributed by atoms with E-state index in [0.29, 0.717) is 4.90 Å². The van der Waals surface area contributed by atoms with Gasteiger partial charge in [0.2, 0.25) is 0 Å². The molecule has 0 saturated heterocycles. The van der Waals surface area contributed by atoms with Crippen molar-refractivity contribution < 1.29 is 8.76 Å². The zero-order chi connectivity index (χ0) is 10.8. The van der Waals surface area contributed by atoms with E-state index in [2.05, 4.69) is 20.8 Å². The first-order valence-corrected chi connectivity index (χ1v) is 5.69.